The Morgan fingerprint density at radius 1 is 1.47 bits per heavy atom. The van der Waals surface area contributed by atoms with Gasteiger partial charge in [0.2, 0.25) is 0 Å². The van der Waals surface area contributed by atoms with Crippen LogP contribution in [0.3, 0.4) is 0 Å². The van der Waals surface area contributed by atoms with E-state index in [1.54, 1.807) is 6.26 Å². The molecule has 0 aromatic carbocycles. The maximum Gasteiger partial charge on any atom is 0.0244 e. The van der Waals surface area contributed by atoms with Gasteiger partial charge in [-0.3, -0.25) is 4.21 Å². The zero-order valence-corrected chi connectivity index (χ0v) is 12.4. The molecule has 0 aromatic heterocycles. The third-order valence-electron chi connectivity index (χ3n) is 3.52. The van der Waals surface area contributed by atoms with E-state index in [-0.39, 0.29) is 0 Å². The molecule has 0 saturated carbocycles. The second kappa shape index (κ2) is 8.22. The van der Waals surface area contributed by atoms with Gasteiger partial charge in [-0.2, -0.15) is 0 Å². The summed E-state index contributed by atoms with van der Waals surface area (Å²) in [7, 11) is -0.634. The highest BCUT2D eigenvalue weighted by Gasteiger charge is 2.17. The van der Waals surface area contributed by atoms with Crippen molar-refractivity contribution in [1.82, 2.24) is 10.2 Å². The van der Waals surface area contributed by atoms with Crippen molar-refractivity contribution in [3.8, 4) is 0 Å². The molecule has 0 aromatic rings. The molecule has 0 radical (unpaired) electrons. The van der Waals surface area contributed by atoms with E-state index >= 15 is 0 Å². The third kappa shape index (κ3) is 6.53. The largest absolute Gasteiger partial charge is 0.314 e. The molecule has 1 aliphatic rings. The molecule has 0 aliphatic carbocycles. The highest BCUT2D eigenvalue weighted by Crippen LogP contribution is 2.09. The fourth-order valence-corrected chi connectivity index (χ4v) is 2.98. The van der Waals surface area contributed by atoms with Crippen molar-refractivity contribution in [2.24, 2.45) is 5.92 Å². The maximum atomic E-state index is 11.1. The standard InChI is InChI=1S/C13H28N2OS/c1-4-13-6-8-15(7-5-9-17(3)16)11-12(2)10-14-13/h12-14H,4-11H2,1-3H3. The first-order valence-corrected chi connectivity index (χ1v) is 8.60. The lowest BCUT2D eigenvalue weighted by Crippen LogP contribution is -2.43. The average Bonchev–Trinajstić information content (AvgIpc) is 2.25. The second-order valence-corrected chi connectivity index (χ2v) is 6.89. The predicted molar refractivity (Wildman–Crippen MR) is 75.9 cm³/mol. The first kappa shape index (κ1) is 15.1. The summed E-state index contributed by atoms with van der Waals surface area (Å²) in [6, 6.07) is 0.681. The quantitative estimate of drug-likeness (QED) is 0.812. The zero-order valence-electron chi connectivity index (χ0n) is 11.6. The summed E-state index contributed by atoms with van der Waals surface area (Å²) in [4.78, 5) is 2.56. The number of hydrogen-bond acceptors (Lipinski definition) is 3. The lowest BCUT2D eigenvalue weighted by molar-refractivity contribution is 0.197. The van der Waals surface area contributed by atoms with Crippen LogP contribution in [0, 0.1) is 5.92 Å². The Morgan fingerprint density at radius 3 is 2.88 bits per heavy atom. The molecular formula is C13H28N2OS. The van der Waals surface area contributed by atoms with Crippen LogP contribution in [0.25, 0.3) is 0 Å². The molecule has 1 rings (SSSR count). The van der Waals surface area contributed by atoms with Gasteiger partial charge in [-0.1, -0.05) is 13.8 Å². The van der Waals surface area contributed by atoms with Crippen LogP contribution in [0.1, 0.15) is 33.1 Å². The van der Waals surface area contributed by atoms with Gasteiger partial charge in [0.1, 0.15) is 0 Å². The normalized spacial score (nSPS) is 29.6. The van der Waals surface area contributed by atoms with Gasteiger partial charge in [0.25, 0.3) is 0 Å². The van der Waals surface area contributed by atoms with E-state index in [0.29, 0.717) is 6.04 Å². The minimum atomic E-state index is -0.634. The molecule has 3 atom stereocenters. The second-order valence-electron chi connectivity index (χ2n) is 5.34. The van der Waals surface area contributed by atoms with Crippen LogP contribution in [0.4, 0.5) is 0 Å². The van der Waals surface area contributed by atoms with Crippen molar-refractivity contribution in [3.63, 3.8) is 0 Å². The van der Waals surface area contributed by atoms with Crippen LogP contribution in [0.15, 0.2) is 0 Å². The van der Waals surface area contributed by atoms with E-state index < -0.39 is 10.8 Å². The van der Waals surface area contributed by atoms with Crippen LogP contribution in [0.2, 0.25) is 0 Å². The van der Waals surface area contributed by atoms with Crippen LogP contribution in [-0.4, -0.2) is 53.3 Å². The van der Waals surface area contributed by atoms with Gasteiger partial charge in [0.05, 0.1) is 0 Å². The van der Waals surface area contributed by atoms with Gasteiger partial charge in [0, 0.05) is 35.4 Å². The molecule has 17 heavy (non-hydrogen) atoms. The van der Waals surface area contributed by atoms with Crippen molar-refractivity contribution in [1.29, 1.82) is 0 Å². The molecule has 0 amide bonds. The van der Waals surface area contributed by atoms with E-state index in [4.69, 9.17) is 0 Å². The molecule has 1 N–H and O–H groups in total. The van der Waals surface area contributed by atoms with Crippen molar-refractivity contribution in [3.05, 3.63) is 0 Å². The Labute approximate surface area is 109 Å². The summed E-state index contributed by atoms with van der Waals surface area (Å²) >= 11 is 0. The van der Waals surface area contributed by atoms with Gasteiger partial charge >= 0.3 is 0 Å². The Bertz CT molecular complexity index is 235. The Kier molecular flexibility index (Phi) is 7.32. The molecule has 1 fully saturated rings. The van der Waals surface area contributed by atoms with Crippen molar-refractivity contribution < 1.29 is 4.21 Å². The van der Waals surface area contributed by atoms with Crippen LogP contribution in [-0.2, 0) is 10.8 Å². The molecular weight excluding hydrogens is 232 g/mol. The highest BCUT2D eigenvalue weighted by atomic mass is 32.2. The molecule has 0 bridgehead atoms. The lowest BCUT2D eigenvalue weighted by Gasteiger charge is -2.32. The maximum absolute atomic E-state index is 11.1. The SMILES string of the molecule is CCC1CCN(CCCS(C)=O)CC(C)CN1. The molecule has 1 heterocycles. The molecule has 102 valence electrons. The van der Waals surface area contributed by atoms with Crippen molar-refractivity contribution >= 4 is 10.8 Å². The number of nitrogens with zero attached hydrogens (tertiary/aromatic N) is 1. The fraction of sp³-hybridized carbons (Fsp3) is 1.00. The Balaban J connectivity index is 2.33. The number of nitrogens with one attached hydrogen (secondary N) is 1. The zero-order chi connectivity index (χ0) is 12.7. The molecule has 3 nitrogen and oxygen atoms in total. The molecule has 1 aliphatic heterocycles. The minimum absolute atomic E-state index is 0.634. The van der Waals surface area contributed by atoms with Gasteiger partial charge in [-0.15, -0.1) is 0 Å². The van der Waals surface area contributed by atoms with Gasteiger partial charge in [0.15, 0.2) is 0 Å². The third-order valence-corrected chi connectivity index (χ3v) is 4.38. The van der Waals surface area contributed by atoms with Crippen molar-refractivity contribution in [2.75, 3.05) is 38.2 Å². The monoisotopic (exact) mass is 260 g/mol. The van der Waals surface area contributed by atoms with Gasteiger partial charge in [-0.25, -0.2) is 0 Å². The molecule has 0 spiro atoms. The summed E-state index contributed by atoms with van der Waals surface area (Å²) in [6.45, 7) is 9.19. The van der Waals surface area contributed by atoms with Crippen molar-refractivity contribution in [2.45, 2.75) is 39.2 Å². The minimum Gasteiger partial charge on any atom is -0.314 e. The number of hydrogen-bond donors (Lipinski definition) is 1. The van der Waals surface area contributed by atoms with Gasteiger partial charge < -0.3 is 10.2 Å². The Hall–Kier alpha value is 0.0700. The summed E-state index contributed by atoms with van der Waals surface area (Å²) in [6.07, 6.45) is 5.34. The summed E-state index contributed by atoms with van der Waals surface area (Å²) in [5.41, 5.74) is 0. The first-order valence-electron chi connectivity index (χ1n) is 6.87. The van der Waals surface area contributed by atoms with E-state index in [1.807, 2.05) is 0 Å². The van der Waals surface area contributed by atoms with E-state index in [0.717, 1.165) is 31.2 Å². The average molecular weight is 260 g/mol. The Morgan fingerprint density at radius 2 is 2.24 bits per heavy atom. The summed E-state index contributed by atoms with van der Waals surface area (Å²) in [5.74, 6) is 1.57. The topological polar surface area (TPSA) is 32.3 Å². The predicted octanol–water partition coefficient (Wildman–Crippen LogP) is 1.47. The van der Waals surface area contributed by atoms with Crippen LogP contribution < -0.4 is 5.32 Å². The highest BCUT2D eigenvalue weighted by molar-refractivity contribution is 7.84. The first-order chi connectivity index (χ1) is 8.11. The molecule has 3 unspecified atom stereocenters. The van der Waals surface area contributed by atoms with Crippen LogP contribution >= 0.6 is 0 Å². The fourth-order valence-electron chi connectivity index (χ4n) is 2.45. The molecule has 1 saturated heterocycles. The smallest absolute Gasteiger partial charge is 0.0244 e. The van der Waals surface area contributed by atoms with Crippen LogP contribution in [0.5, 0.6) is 0 Å². The van der Waals surface area contributed by atoms with Gasteiger partial charge in [-0.05, 0) is 44.8 Å². The van der Waals surface area contributed by atoms with E-state index in [2.05, 4.69) is 24.1 Å². The summed E-state index contributed by atoms with van der Waals surface area (Å²) < 4.78 is 11.1. The molecule has 4 heteroatoms. The lowest BCUT2D eigenvalue weighted by atomic mass is 10.0. The van der Waals surface area contributed by atoms with E-state index in [9.17, 15) is 4.21 Å². The number of rotatable bonds is 5. The summed E-state index contributed by atoms with van der Waals surface area (Å²) in [5, 5.41) is 3.64. The van der Waals surface area contributed by atoms with E-state index in [1.165, 1.54) is 25.9 Å².